The molecule has 2 heteroatoms. The topological polar surface area (TPSA) is 15.3 Å². The molecule has 1 aromatic carbocycles. The van der Waals surface area contributed by atoms with Gasteiger partial charge in [0, 0.05) is 19.1 Å². The maximum atomic E-state index is 3.47. The van der Waals surface area contributed by atoms with E-state index in [4.69, 9.17) is 0 Å². The van der Waals surface area contributed by atoms with Crippen LogP contribution in [0.2, 0.25) is 0 Å². The van der Waals surface area contributed by atoms with Crippen LogP contribution in [0.3, 0.4) is 0 Å². The number of hydrogen-bond acceptors (Lipinski definition) is 2. The molecule has 0 saturated carbocycles. The van der Waals surface area contributed by atoms with E-state index < -0.39 is 0 Å². The van der Waals surface area contributed by atoms with Crippen LogP contribution in [-0.2, 0) is 0 Å². The molecule has 0 atom stereocenters. The van der Waals surface area contributed by atoms with Crippen molar-refractivity contribution in [3.05, 3.63) is 23.8 Å². The van der Waals surface area contributed by atoms with E-state index >= 15 is 0 Å². The third-order valence-electron chi connectivity index (χ3n) is 2.84. The number of nitrogens with one attached hydrogen (secondary N) is 1. The van der Waals surface area contributed by atoms with Crippen LogP contribution >= 0.6 is 0 Å². The van der Waals surface area contributed by atoms with Gasteiger partial charge in [0.05, 0.1) is 11.4 Å². The smallest absolute Gasteiger partial charge is 0.0608 e. The van der Waals surface area contributed by atoms with Gasteiger partial charge in [0.25, 0.3) is 0 Å². The Kier molecular flexibility index (Phi) is 2.36. The molecule has 1 aliphatic heterocycles. The lowest BCUT2D eigenvalue weighted by Crippen LogP contribution is -2.39. The summed E-state index contributed by atoms with van der Waals surface area (Å²) < 4.78 is 0. The first-order valence-electron chi connectivity index (χ1n) is 5.30. The van der Waals surface area contributed by atoms with E-state index in [9.17, 15) is 0 Å². The van der Waals surface area contributed by atoms with Crippen LogP contribution in [0.4, 0.5) is 11.4 Å². The summed E-state index contributed by atoms with van der Waals surface area (Å²) in [7, 11) is 0. The summed E-state index contributed by atoms with van der Waals surface area (Å²) in [4.78, 5) is 2.46. The van der Waals surface area contributed by atoms with Crippen LogP contribution in [0.15, 0.2) is 18.2 Å². The molecule has 0 aromatic heterocycles. The lowest BCUT2D eigenvalue weighted by atomic mass is 10.1. The molecule has 0 aliphatic carbocycles. The van der Waals surface area contributed by atoms with Crippen LogP contribution in [0, 0.1) is 6.92 Å². The monoisotopic (exact) mass is 190 g/mol. The van der Waals surface area contributed by atoms with Gasteiger partial charge in [0.15, 0.2) is 0 Å². The Morgan fingerprint density at radius 3 is 2.86 bits per heavy atom. The zero-order valence-electron chi connectivity index (χ0n) is 9.17. The third kappa shape index (κ3) is 1.45. The van der Waals surface area contributed by atoms with E-state index in [0.29, 0.717) is 6.04 Å². The van der Waals surface area contributed by atoms with Crippen molar-refractivity contribution in [3.63, 3.8) is 0 Å². The Labute approximate surface area is 85.9 Å². The van der Waals surface area contributed by atoms with Gasteiger partial charge in [-0.3, -0.25) is 0 Å². The highest BCUT2D eigenvalue weighted by Crippen LogP contribution is 2.32. The van der Waals surface area contributed by atoms with Crippen LogP contribution in [0.5, 0.6) is 0 Å². The van der Waals surface area contributed by atoms with Crippen LogP contribution < -0.4 is 10.2 Å². The Morgan fingerprint density at radius 2 is 2.14 bits per heavy atom. The van der Waals surface area contributed by atoms with Gasteiger partial charge < -0.3 is 10.2 Å². The van der Waals surface area contributed by atoms with Gasteiger partial charge in [0.2, 0.25) is 0 Å². The van der Waals surface area contributed by atoms with Crippen LogP contribution in [-0.4, -0.2) is 19.1 Å². The highest BCUT2D eigenvalue weighted by molar-refractivity contribution is 5.75. The number of rotatable bonds is 1. The average molecular weight is 190 g/mol. The van der Waals surface area contributed by atoms with E-state index in [1.807, 2.05) is 0 Å². The summed E-state index contributed by atoms with van der Waals surface area (Å²) in [5.41, 5.74) is 4.01. The van der Waals surface area contributed by atoms with Crippen molar-refractivity contribution < 1.29 is 0 Å². The van der Waals surface area contributed by atoms with Crippen molar-refractivity contribution in [1.82, 2.24) is 0 Å². The number of benzene rings is 1. The number of fused-ring (bicyclic) bond motifs is 1. The highest BCUT2D eigenvalue weighted by atomic mass is 15.2. The lowest BCUT2D eigenvalue weighted by molar-refractivity contribution is 0.680. The fraction of sp³-hybridized carbons (Fsp3) is 0.500. The molecule has 0 amide bonds. The molecule has 1 aromatic rings. The van der Waals surface area contributed by atoms with Crippen molar-refractivity contribution in [2.75, 3.05) is 23.3 Å². The normalized spacial score (nSPS) is 15.3. The van der Waals surface area contributed by atoms with Gasteiger partial charge in [-0.15, -0.1) is 0 Å². The molecule has 1 heterocycles. The molecular formula is C12H18N2. The molecule has 0 radical (unpaired) electrons. The molecule has 1 aliphatic rings. The SMILES string of the molecule is Cc1cccc2c1NCCN2C(C)C. The maximum Gasteiger partial charge on any atom is 0.0608 e. The molecule has 0 spiro atoms. The first kappa shape index (κ1) is 9.38. The minimum Gasteiger partial charge on any atom is -0.381 e. The van der Waals surface area contributed by atoms with Gasteiger partial charge in [-0.1, -0.05) is 12.1 Å². The molecule has 0 unspecified atom stereocenters. The van der Waals surface area contributed by atoms with Crippen LogP contribution in [0.25, 0.3) is 0 Å². The summed E-state index contributed by atoms with van der Waals surface area (Å²) in [5, 5.41) is 3.47. The Morgan fingerprint density at radius 1 is 1.36 bits per heavy atom. The van der Waals surface area contributed by atoms with E-state index in [2.05, 4.69) is 49.2 Å². The quantitative estimate of drug-likeness (QED) is 0.732. The highest BCUT2D eigenvalue weighted by Gasteiger charge is 2.19. The van der Waals surface area contributed by atoms with Crippen molar-refractivity contribution in [1.29, 1.82) is 0 Å². The fourth-order valence-corrected chi connectivity index (χ4v) is 2.08. The standard InChI is InChI=1S/C12H18N2/c1-9(2)14-8-7-13-12-10(3)5-4-6-11(12)14/h4-6,9,13H,7-8H2,1-3H3. The third-order valence-corrected chi connectivity index (χ3v) is 2.84. The van der Waals surface area contributed by atoms with E-state index in [1.54, 1.807) is 0 Å². The van der Waals surface area contributed by atoms with E-state index in [0.717, 1.165) is 13.1 Å². The van der Waals surface area contributed by atoms with Gasteiger partial charge in [-0.05, 0) is 32.4 Å². The minimum absolute atomic E-state index is 0.581. The zero-order chi connectivity index (χ0) is 10.1. The van der Waals surface area contributed by atoms with Gasteiger partial charge in [-0.2, -0.15) is 0 Å². The lowest BCUT2D eigenvalue weighted by Gasteiger charge is -2.35. The number of anilines is 2. The maximum absolute atomic E-state index is 3.47. The number of para-hydroxylation sites is 1. The molecule has 2 rings (SSSR count). The molecule has 2 nitrogen and oxygen atoms in total. The molecule has 0 saturated heterocycles. The Bertz CT molecular complexity index is 331. The second-order valence-corrected chi connectivity index (χ2v) is 4.18. The average Bonchev–Trinajstić information content (AvgIpc) is 2.17. The van der Waals surface area contributed by atoms with Gasteiger partial charge in [0.1, 0.15) is 0 Å². The van der Waals surface area contributed by atoms with E-state index in [-0.39, 0.29) is 0 Å². The van der Waals surface area contributed by atoms with Gasteiger partial charge in [-0.25, -0.2) is 0 Å². The van der Waals surface area contributed by atoms with Crippen molar-refractivity contribution in [2.45, 2.75) is 26.8 Å². The number of aryl methyl sites for hydroxylation is 1. The minimum atomic E-state index is 0.581. The fourth-order valence-electron chi connectivity index (χ4n) is 2.08. The summed E-state index contributed by atoms with van der Waals surface area (Å²) in [5.74, 6) is 0. The molecular weight excluding hydrogens is 172 g/mol. The molecule has 1 N–H and O–H groups in total. The summed E-state index contributed by atoms with van der Waals surface area (Å²) >= 11 is 0. The Balaban J connectivity index is 2.44. The molecule has 0 bridgehead atoms. The van der Waals surface area contributed by atoms with Crippen molar-refractivity contribution >= 4 is 11.4 Å². The number of nitrogens with zero attached hydrogens (tertiary/aromatic N) is 1. The predicted octanol–water partition coefficient (Wildman–Crippen LogP) is 2.64. The number of hydrogen-bond donors (Lipinski definition) is 1. The molecule has 14 heavy (non-hydrogen) atoms. The van der Waals surface area contributed by atoms with Crippen LogP contribution in [0.1, 0.15) is 19.4 Å². The first-order chi connectivity index (χ1) is 6.70. The molecule has 0 fully saturated rings. The summed E-state index contributed by atoms with van der Waals surface area (Å²) in [6.45, 7) is 8.81. The zero-order valence-corrected chi connectivity index (χ0v) is 9.17. The van der Waals surface area contributed by atoms with E-state index in [1.165, 1.54) is 16.9 Å². The predicted molar refractivity (Wildman–Crippen MR) is 62.2 cm³/mol. The Hall–Kier alpha value is -1.18. The second kappa shape index (κ2) is 3.52. The largest absolute Gasteiger partial charge is 0.381 e. The summed E-state index contributed by atoms with van der Waals surface area (Å²) in [6, 6.07) is 7.08. The molecule has 76 valence electrons. The second-order valence-electron chi connectivity index (χ2n) is 4.18. The van der Waals surface area contributed by atoms with Crippen molar-refractivity contribution in [2.24, 2.45) is 0 Å². The summed E-state index contributed by atoms with van der Waals surface area (Å²) in [6.07, 6.45) is 0. The first-order valence-corrected chi connectivity index (χ1v) is 5.30. The van der Waals surface area contributed by atoms with Crippen molar-refractivity contribution in [3.8, 4) is 0 Å². The van der Waals surface area contributed by atoms with Gasteiger partial charge >= 0.3 is 0 Å².